The molecule has 0 spiro atoms. The predicted octanol–water partition coefficient (Wildman–Crippen LogP) is 5.01. The summed E-state index contributed by atoms with van der Waals surface area (Å²) in [5.41, 5.74) is 0.415. The summed E-state index contributed by atoms with van der Waals surface area (Å²) in [4.78, 5) is 0. The third-order valence-electron chi connectivity index (χ3n) is 5.03. The summed E-state index contributed by atoms with van der Waals surface area (Å²) >= 11 is 0. The van der Waals surface area contributed by atoms with E-state index < -0.39 is 17.9 Å². The van der Waals surface area contributed by atoms with Crippen LogP contribution in [0.4, 0.5) is 8.78 Å². The molecule has 126 valence electrons. The number of halogens is 2. The second kappa shape index (κ2) is 7.54. The van der Waals surface area contributed by atoms with Crippen LogP contribution in [0.1, 0.15) is 44.5 Å². The first kappa shape index (κ1) is 16.6. The summed E-state index contributed by atoms with van der Waals surface area (Å²) in [5.74, 6) is 0.524. The molecule has 0 aromatic heterocycles. The summed E-state index contributed by atoms with van der Waals surface area (Å²) in [7, 11) is 0. The number of hydrogen-bond acceptors (Lipinski definition) is 2. The number of hydrogen-bond donors (Lipinski definition) is 0. The molecule has 0 radical (unpaired) electrons. The SMILES string of the molecule is CC=CC1CCC(C2COC(c3cc(F)cc(F)c3)OC2)CC1. The van der Waals surface area contributed by atoms with Crippen LogP contribution in [0.3, 0.4) is 0 Å². The topological polar surface area (TPSA) is 18.5 Å². The van der Waals surface area contributed by atoms with Crippen LogP contribution in [-0.4, -0.2) is 13.2 Å². The highest BCUT2D eigenvalue weighted by atomic mass is 19.1. The second-order valence-corrected chi connectivity index (χ2v) is 6.66. The minimum atomic E-state index is -0.657. The first-order valence-corrected chi connectivity index (χ1v) is 8.47. The van der Waals surface area contributed by atoms with Gasteiger partial charge >= 0.3 is 0 Å². The molecule has 2 fully saturated rings. The molecular formula is C19H24F2O2. The van der Waals surface area contributed by atoms with Gasteiger partial charge in [-0.05, 0) is 56.6 Å². The van der Waals surface area contributed by atoms with E-state index in [1.165, 1.54) is 37.8 Å². The van der Waals surface area contributed by atoms with E-state index in [9.17, 15) is 8.78 Å². The van der Waals surface area contributed by atoms with Gasteiger partial charge in [0.1, 0.15) is 11.6 Å². The van der Waals surface area contributed by atoms with Gasteiger partial charge in [-0.25, -0.2) is 8.78 Å². The quantitative estimate of drug-likeness (QED) is 0.728. The summed E-state index contributed by atoms with van der Waals surface area (Å²) in [5, 5.41) is 0. The van der Waals surface area contributed by atoms with Crippen molar-refractivity contribution in [2.75, 3.05) is 13.2 Å². The zero-order chi connectivity index (χ0) is 16.2. The predicted molar refractivity (Wildman–Crippen MR) is 84.8 cm³/mol. The molecule has 2 aliphatic rings. The summed E-state index contributed by atoms with van der Waals surface area (Å²) in [6.07, 6.45) is 8.64. The standard InChI is InChI=1S/C19H24F2O2/c1-2-3-13-4-6-14(7-5-13)16-11-22-19(23-12-16)15-8-17(20)10-18(21)9-15/h2-3,8-10,13-14,16,19H,4-7,11-12H2,1H3. The Labute approximate surface area is 136 Å². The van der Waals surface area contributed by atoms with Gasteiger partial charge in [-0.15, -0.1) is 0 Å². The first-order valence-electron chi connectivity index (χ1n) is 8.47. The lowest BCUT2D eigenvalue weighted by Gasteiger charge is -2.37. The van der Waals surface area contributed by atoms with Crippen molar-refractivity contribution in [1.82, 2.24) is 0 Å². The van der Waals surface area contributed by atoms with Crippen LogP contribution >= 0.6 is 0 Å². The van der Waals surface area contributed by atoms with Crippen LogP contribution in [0.5, 0.6) is 0 Å². The van der Waals surface area contributed by atoms with Crippen LogP contribution in [0.25, 0.3) is 0 Å². The van der Waals surface area contributed by atoms with Crippen molar-refractivity contribution in [1.29, 1.82) is 0 Å². The van der Waals surface area contributed by atoms with Gasteiger partial charge in [-0.3, -0.25) is 0 Å². The molecule has 0 unspecified atom stereocenters. The fourth-order valence-corrected chi connectivity index (χ4v) is 3.78. The van der Waals surface area contributed by atoms with E-state index in [1.54, 1.807) is 0 Å². The minimum absolute atomic E-state index is 0.385. The highest BCUT2D eigenvalue weighted by Gasteiger charge is 2.32. The van der Waals surface area contributed by atoms with E-state index in [2.05, 4.69) is 19.1 Å². The first-order chi connectivity index (χ1) is 11.2. The van der Waals surface area contributed by atoms with Gasteiger partial charge in [0.15, 0.2) is 6.29 Å². The largest absolute Gasteiger partial charge is 0.348 e. The van der Waals surface area contributed by atoms with Gasteiger partial charge in [-0.1, -0.05) is 12.2 Å². The smallest absolute Gasteiger partial charge is 0.184 e. The van der Waals surface area contributed by atoms with Crippen molar-refractivity contribution in [3.8, 4) is 0 Å². The number of allylic oxidation sites excluding steroid dienone is 2. The maximum Gasteiger partial charge on any atom is 0.184 e. The molecule has 4 heteroatoms. The van der Waals surface area contributed by atoms with Gasteiger partial charge in [0.2, 0.25) is 0 Å². The molecule has 1 aromatic carbocycles. The van der Waals surface area contributed by atoms with Crippen molar-refractivity contribution in [2.45, 2.75) is 38.9 Å². The molecule has 23 heavy (non-hydrogen) atoms. The maximum absolute atomic E-state index is 13.3. The van der Waals surface area contributed by atoms with Crippen molar-refractivity contribution in [3.05, 3.63) is 47.5 Å². The third kappa shape index (κ3) is 4.18. The van der Waals surface area contributed by atoms with E-state index in [1.807, 2.05) is 0 Å². The lowest BCUT2D eigenvalue weighted by molar-refractivity contribution is -0.214. The van der Waals surface area contributed by atoms with Crippen LogP contribution in [-0.2, 0) is 9.47 Å². The van der Waals surface area contributed by atoms with Crippen molar-refractivity contribution in [2.24, 2.45) is 17.8 Å². The lowest BCUT2D eigenvalue weighted by Crippen LogP contribution is -2.34. The van der Waals surface area contributed by atoms with Gasteiger partial charge in [0, 0.05) is 17.5 Å². The van der Waals surface area contributed by atoms with Crippen molar-refractivity contribution >= 4 is 0 Å². The Bertz CT molecular complexity index is 522. The van der Waals surface area contributed by atoms with Crippen LogP contribution in [0.2, 0.25) is 0 Å². The molecule has 1 heterocycles. The highest BCUT2D eigenvalue weighted by molar-refractivity contribution is 5.19. The monoisotopic (exact) mass is 322 g/mol. The fourth-order valence-electron chi connectivity index (χ4n) is 3.78. The average molecular weight is 322 g/mol. The second-order valence-electron chi connectivity index (χ2n) is 6.66. The zero-order valence-electron chi connectivity index (χ0n) is 13.5. The van der Waals surface area contributed by atoms with Gasteiger partial charge < -0.3 is 9.47 Å². The lowest BCUT2D eigenvalue weighted by atomic mass is 9.76. The van der Waals surface area contributed by atoms with E-state index >= 15 is 0 Å². The molecule has 1 aromatic rings. The zero-order valence-corrected chi connectivity index (χ0v) is 13.5. The van der Waals surface area contributed by atoms with Gasteiger partial charge in [0.25, 0.3) is 0 Å². The highest BCUT2D eigenvalue weighted by Crippen LogP contribution is 2.37. The van der Waals surface area contributed by atoms with Crippen LogP contribution in [0.15, 0.2) is 30.4 Å². The molecule has 0 amide bonds. The summed E-state index contributed by atoms with van der Waals surface area (Å²) in [6, 6.07) is 3.41. The Morgan fingerprint density at radius 1 is 0.913 bits per heavy atom. The number of benzene rings is 1. The molecule has 1 saturated heterocycles. The van der Waals surface area contributed by atoms with E-state index in [0.29, 0.717) is 36.5 Å². The molecular weight excluding hydrogens is 298 g/mol. The van der Waals surface area contributed by atoms with Crippen LogP contribution in [0, 0.1) is 29.4 Å². The molecule has 1 saturated carbocycles. The third-order valence-corrected chi connectivity index (χ3v) is 5.03. The van der Waals surface area contributed by atoms with E-state index in [4.69, 9.17) is 9.47 Å². The molecule has 1 aliphatic carbocycles. The van der Waals surface area contributed by atoms with Crippen molar-refractivity contribution in [3.63, 3.8) is 0 Å². The fraction of sp³-hybridized carbons (Fsp3) is 0.579. The molecule has 0 N–H and O–H groups in total. The van der Waals surface area contributed by atoms with Gasteiger partial charge in [-0.2, -0.15) is 0 Å². The molecule has 3 rings (SSSR count). The molecule has 0 bridgehead atoms. The average Bonchev–Trinajstić information content (AvgIpc) is 2.55. The van der Waals surface area contributed by atoms with Gasteiger partial charge in [0.05, 0.1) is 13.2 Å². The Morgan fingerprint density at radius 3 is 2.09 bits per heavy atom. The number of rotatable bonds is 3. The minimum Gasteiger partial charge on any atom is -0.348 e. The molecule has 2 nitrogen and oxygen atoms in total. The Balaban J connectivity index is 1.52. The number of ether oxygens (including phenoxy) is 2. The normalized spacial score (nSPS) is 32.3. The Morgan fingerprint density at radius 2 is 1.52 bits per heavy atom. The Kier molecular flexibility index (Phi) is 5.44. The molecule has 1 aliphatic heterocycles. The Hall–Kier alpha value is -1.26. The summed E-state index contributed by atoms with van der Waals surface area (Å²) < 4.78 is 38.1. The maximum atomic E-state index is 13.3. The van der Waals surface area contributed by atoms with Crippen molar-refractivity contribution < 1.29 is 18.3 Å². The van der Waals surface area contributed by atoms with Crippen LogP contribution < -0.4 is 0 Å². The molecule has 0 atom stereocenters. The summed E-state index contributed by atoms with van der Waals surface area (Å²) in [6.45, 7) is 3.27. The van der Waals surface area contributed by atoms with E-state index in [0.717, 1.165) is 6.07 Å². The van der Waals surface area contributed by atoms with E-state index in [-0.39, 0.29) is 0 Å².